The maximum absolute atomic E-state index is 10.1. The van der Waals surface area contributed by atoms with Gasteiger partial charge in [0.25, 0.3) is 0 Å². The Bertz CT molecular complexity index is 47.2. The number of carbonyl (C=O) groups is 1. The first-order chi connectivity index (χ1) is 4.81. The normalized spacial score (nSPS) is 5.80. The van der Waals surface area contributed by atoms with Crippen LogP contribution in [0.5, 0.6) is 0 Å². The molecule has 0 saturated carbocycles. The van der Waals surface area contributed by atoms with Crippen LogP contribution in [-0.2, 0) is 4.79 Å². The quantitative estimate of drug-likeness (QED) is 0.605. The molecule has 0 fully saturated rings. The Morgan fingerprint density at radius 1 is 1.20 bits per heavy atom. The third-order valence-electron chi connectivity index (χ3n) is 0.600. The van der Waals surface area contributed by atoms with Crippen molar-refractivity contribution in [3.63, 3.8) is 0 Å². The van der Waals surface area contributed by atoms with Gasteiger partial charge in [-0.15, -0.1) is 0 Å². The van der Waals surface area contributed by atoms with Crippen LogP contribution in [-0.4, -0.2) is 13.0 Å². The van der Waals surface area contributed by atoms with Crippen LogP contribution in [0.15, 0.2) is 0 Å². The number of rotatable bonds is 1. The van der Waals surface area contributed by atoms with E-state index in [1.807, 2.05) is 34.6 Å². The Morgan fingerprint density at radius 3 is 1.50 bits per heavy atom. The summed E-state index contributed by atoms with van der Waals surface area (Å²) in [6.45, 7) is 9.82. The van der Waals surface area contributed by atoms with Crippen molar-refractivity contribution in [3.05, 3.63) is 0 Å². The fraction of sp³-hybridized carbons (Fsp3) is 0.875. The highest BCUT2D eigenvalue weighted by atomic mass is 16.1. The predicted molar refractivity (Wildman–Crippen MR) is 47.1 cm³/mol. The molecule has 0 spiro atoms. The largest absolute Gasteiger partial charge is 0.359 e. The van der Waals surface area contributed by atoms with E-state index in [-0.39, 0.29) is 5.91 Å². The summed E-state index contributed by atoms with van der Waals surface area (Å²) in [4.78, 5) is 10.1. The molecule has 0 bridgehead atoms. The second kappa shape index (κ2) is 23.7. The van der Waals surface area contributed by atoms with Crippen LogP contribution in [0.1, 0.15) is 41.0 Å². The van der Waals surface area contributed by atoms with Crippen LogP contribution in [0, 0.1) is 0 Å². The van der Waals surface area contributed by atoms with E-state index in [9.17, 15) is 4.79 Å². The summed E-state index contributed by atoms with van der Waals surface area (Å²) in [7, 11) is 1.63. The van der Waals surface area contributed by atoms with E-state index in [1.165, 1.54) is 0 Å². The molecule has 0 unspecified atom stereocenters. The first-order valence-corrected chi connectivity index (χ1v) is 4.01. The SMILES string of the molecule is CC.CC.CCC(=O)NC. The second-order valence-corrected chi connectivity index (χ2v) is 1.03. The molecule has 0 aromatic heterocycles. The van der Waals surface area contributed by atoms with Crippen LogP contribution >= 0.6 is 0 Å². The average Bonchev–Trinajstić information content (AvgIpc) is 2.10. The smallest absolute Gasteiger partial charge is 0.219 e. The molecule has 0 heterocycles. The van der Waals surface area contributed by atoms with E-state index in [0.717, 1.165) is 0 Å². The van der Waals surface area contributed by atoms with Gasteiger partial charge in [-0.1, -0.05) is 34.6 Å². The zero-order valence-electron chi connectivity index (χ0n) is 8.12. The predicted octanol–water partition coefficient (Wildman–Crippen LogP) is 2.19. The average molecular weight is 147 g/mol. The van der Waals surface area contributed by atoms with Gasteiger partial charge in [-0.2, -0.15) is 0 Å². The van der Waals surface area contributed by atoms with Crippen molar-refractivity contribution >= 4 is 5.91 Å². The molecular weight excluding hydrogens is 126 g/mol. The number of hydrogen-bond donors (Lipinski definition) is 1. The van der Waals surface area contributed by atoms with Gasteiger partial charge in [-0.25, -0.2) is 0 Å². The molecule has 0 radical (unpaired) electrons. The van der Waals surface area contributed by atoms with Gasteiger partial charge < -0.3 is 5.32 Å². The third-order valence-corrected chi connectivity index (χ3v) is 0.600. The molecule has 0 aliphatic heterocycles. The van der Waals surface area contributed by atoms with Gasteiger partial charge in [0.1, 0.15) is 0 Å². The van der Waals surface area contributed by atoms with Crippen molar-refractivity contribution in [3.8, 4) is 0 Å². The molecule has 0 aliphatic rings. The summed E-state index contributed by atoms with van der Waals surface area (Å²) < 4.78 is 0. The van der Waals surface area contributed by atoms with Crippen LogP contribution in [0.25, 0.3) is 0 Å². The number of hydrogen-bond acceptors (Lipinski definition) is 1. The fourth-order valence-electron chi connectivity index (χ4n) is 0.177. The lowest BCUT2D eigenvalue weighted by atomic mass is 10.5. The molecule has 64 valence electrons. The van der Waals surface area contributed by atoms with E-state index >= 15 is 0 Å². The van der Waals surface area contributed by atoms with Crippen LogP contribution < -0.4 is 5.32 Å². The summed E-state index contributed by atoms with van der Waals surface area (Å²) >= 11 is 0. The van der Waals surface area contributed by atoms with E-state index in [4.69, 9.17) is 0 Å². The lowest BCUT2D eigenvalue weighted by Crippen LogP contribution is -2.15. The molecule has 0 rings (SSSR count). The van der Waals surface area contributed by atoms with Gasteiger partial charge >= 0.3 is 0 Å². The molecule has 0 aliphatic carbocycles. The standard InChI is InChI=1S/C4H9NO.2C2H6/c1-3-4(6)5-2;2*1-2/h3H2,1-2H3,(H,5,6);2*1-2H3. The maximum atomic E-state index is 10.1. The van der Waals surface area contributed by atoms with Crippen molar-refractivity contribution in [1.29, 1.82) is 0 Å². The molecule has 10 heavy (non-hydrogen) atoms. The zero-order chi connectivity index (χ0) is 8.99. The van der Waals surface area contributed by atoms with Crippen molar-refractivity contribution in [1.82, 2.24) is 5.32 Å². The van der Waals surface area contributed by atoms with Crippen molar-refractivity contribution < 1.29 is 4.79 Å². The van der Waals surface area contributed by atoms with Crippen LogP contribution in [0.3, 0.4) is 0 Å². The van der Waals surface area contributed by atoms with Gasteiger partial charge in [-0.3, -0.25) is 4.79 Å². The number of amides is 1. The summed E-state index contributed by atoms with van der Waals surface area (Å²) in [5.74, 6) is 0.0926. The Kier molecular flexibility index (Phi) is 38.4. The molecule has 2 heteroatoms. The highest BCUT2D eigenvalue weighted by Crippen LogP contribution is 1.68. The van der Waals surface area contributed by atoms with Crippen LogP contribution in [0.4, 0.5) is 0 Å². The highest BCUT2D eigenvalue weighted by molar-refractivity contribution is 5.74. The summed E-state index contributed by atoms with van der Waals surface area (Å²) in [5, 5.41) is 2.48. The van der Waals surface area contributed by atoms with E-state index < -0.39 is 0 Å². The first-order valence-electron chi connectivity index (χ1n) is 4.01. The highest BCUT2D eigenvalue weighted by Gasteiger charge is 1.84. The second-order valence-electron chi connectivity index (χ2n) is 1.03. The van der Waals surface area contributed by atoms with Crippen LogP contribution in [0.2, 0.25) is 0 Å². The molecule has 0 aromatic carbocycles. The molecular formula is C8H21NO. The minimum absolute atomic E-state index is 0.0926. The summed E-state index contributed by atoms with van der Waals surface area (Å²) in [6, 6.07) is 0. The number of carbonyl (C=O) groups excluding carboxylic acids is 1. The monoisotopic (exact) mass is 147 g/mol. The molecule has 1 N–H and O–H groups in total. The topological polar surface area (TPSA) is 29.1 Å². The van der Waals surface area contributed by atoms with Gasteiger partial charge in [0.15, 0.2) is 0 Å². The summed E-state index contributed by atoms with van der Waals surface area (Å²) in [5.41, 5.74) is 0. The Labute approximate surface area is 65.0 Å². The summed E-state index contributed by atoms with van der Waals surface area (Å²) in [6.07, 6.45) is 0.580. The van der Waals surface area contributed by atoms with Crippen molar-refractivity contribution in [2.75, 3.05) is 7.05 Å². The minimum atomic E-state index is 0.0926. The van der Waals surface area contributed by atoms with Crippen molar-refractivity contribution in [2.45, 2.75) is 41.0 Å². The van der Waals surface area contributed by atoms with E-state index in [2.05, 4.69) is 5.32 Å². The van der Waals surface area contributed by atoms with Gasteiger partial charge in [0.2, 0.25) is 5.91 Å². The van der Waals surface area contributed by atoms with E-state index in [0.29, 0.717) is 6.42 Å². The number of nitrogens with one attached hydrogen (secondary N) is 1. The zero-order valence-corrected chi connectivity index (χ0v) is 8.12. The van der Waals surface area contributed by atoms with Gasteiger partial charge in [0, 0.05) is 13.5 Å². The lowest BCUT2D eigenvalue weighted by molar-refractivity contribution is -0.120. The Hall–Kier alpha value is -0.530. The molecule has 1 amide bonds. The lowest BCUT2D eigenvalue weighted by Gasteiger charge is -1.87. The van der Waals surface area contributed by atoms with Gasteiger partial charge in [-0.05, 0) is 0 Å². The fourth-order valence-corrected chi connectivity index (χ4v) is 0.177. The Morgan fingerprint density at radius 2 is 1.50 bits per heavy atom. The van der Waals surface area contributed by atoms with Crippen molar-refractivity contribution in [2.24, 2.45) is 0 Å². The Balaban J connectivity index is -0.000000105. The minimum Gasteiger partial charge on any atom is -0.359 e. The van der Waals surface area contributed by atoms with E-state index in [1.54, 1.807) is 7.05 Å². The third kappa shape index (κ3) is 26.0. The molecule has 2 nitrogen and oxygen atoms in total. The first kappa shape index (κ1) is 16.2. The molecule has 0 atom stereocenters. The van der Waals surface area contributed by atoms with Gasteiger partial charge in [0.05, 0.1) is 0 Å². The molecule has 0 saturated heterocycles. The molecule has 0 aromatic rings. The maximum Gasteiger partial charge on any atom is 0.219 e.